The first-order chi connectivity index (χ1) is 8.60. The van der Waals surface area contributed by atoms with E-state index in [1.165, 1.54) is 12.1 Å². The second kappa shape index (κ2) is 8.00. The lowest BCUT2D eigenvalue weighted by Gasteiger charge is -2.28. The maximum absolute atomic E-state index is 13.0. The number of halogens is 2. The zero-order valence-electron chi connectivity index (χ0n) is 10.8. The van der Waals surface area contributed by atoms with Crippen LogP contribution in [-0.2, 0) is 0 Å². The van der Waals surface area contributed by atoms with Crippen molar-refractivity contribution in [2.75, 3.05) is 32.1 Å². The monoisotopic (exact) mass is 290 g/mol. The normalized spacial score (nSPS) is 13.0. The van der Waals surface area contributed by atoms with Crippen molar-refractivity contribution >= 4 is 23.4 Å². The van der Waals surface area contributed by atoms with Crippen molar-refractivity contribution in [1.82, 2.24) is 4.90 Å². The third-order valence-corrected chi connectivity index (χ3v) is 3.96. The van der Waals surface area contributed by atoms with E-state index in [4.69, 9.17) is 17.3 Å². The van der Waals surface area contributed by atoms with Crippen molar-refractivity contribution < 1.29 is 4.39 Å². The lowest BCUT2D eigenvalue weighted by atomic mass is 10.1. The van der Waals surface area contributed by atoms with E-state index in [0.29, 0.717) is 11.6 Å². The Morgan fingerprint density at radius 1 is 1.50 bits per heavy atom. The molecule has 0 aromatic heterocycles. The number of nitrogens with two attached hydrogens (primary N) is 1. The van der Waals surface area contributed by atoms with Gasteiger partial charge in [-0.3, -0.25) is 4.90 Å². The lowest BCUT2D eigenvalue weighted by Crippen LogP contribution is -2.31. The highest BCUT2D eigenvalue weighted by molar-refractivity contribution is 7.98. The third-order valence-electron chi connectivity index (χ3n) is 2.94. The molecule has 1 atom stereocenters. The topological polar surface area (TPSA) is 29.3 Å². The largest absolute Gasteiger partial charge is 0.329 e. The van der Waals surface area contributed by atoms with Crippen LogP contribution < -0.4 is 5.73 Å². The van der Waals surface area contributed by atoms with Crippen LogP contribution in [0.3, 0.4) is 0 Å². The van der Waals surface area contributed by atoms with E-state index in [-0.39, 0.29) is 11.9 Å². The first kappa shape index (κ1) is 15.8. The second-order valence-corrected chi connectivity index (χ2v) is 5.64. The van der Waals surface area contributed by atoms with Crippen molar-refractivity contribution in [2.24, 2.45) is 5.73 Å². The van der Waals surface area contributed by atoms with Crippen LogP contribution in [0.25, 0.3) is 0 Å². The van der Waals surface area contributed by atoms with E-state index in [9.17, 15) is 4.39 Å². The van der Waals surface area contributed by atoms with Crippen LogP contribution in [0.15, 0.2) is 18.2 Å². The number of benzene rings is 1. The minimum atomic E-state index is -0.315. The molecule has 1 aromatic rings. The Bertz CT molecular complexity index is 376. The van der Waals surface area contributed by atoms with Gasteiger partial charge in [0.25, 0.3) is 0 Å². The number of hydrogen-bond acceptors (Lipinski definition) is 3. The second-order valence-electron chi connectivity index (χ2n) is 4.24. The van der Waals surface area contributed by atoms with Crippen molar-refractivity contribution in [1.29, 1.82) is 0 Å². The summed E-state index contributed by atoms with van der Waals surface area (Å²) < 4.78 is 13.0. The van der Waals surface area contributed by atoms with Gasteiger partial charge in [-0.2, -0.15) is 11.8 Å². The van der Waals surface area contributed by atoms with E-state index in [1.54, 1.807) is 6.07 Å². The minimum absolute atomic E-state index is 0.0416. The summed E-state index contributed by atoms with van der Waals surface area (Å²) in [7, 11) is 2.03. The summed E-state index contributed by atoms with van der Waals surface area (Å²) in [5.41, 5.74) is 6.71. The molecule has 0 aliphatic heterocycles. The molecule has 0 saturated heterocycles. The van der Waals surface area contributed by atoms with E-state index in [1.807, 2.05) is 18.8 Å². The SMILES string of the molecule is CSCCCN(C)C(CN)c1ccc(F)cc1Cl. The zero-order valence-corrected chi connectivity index (χ0v) is 12.4. The summed E-state index contributed by atoms with van der Waals surface area (Å²) in [6, 6.07) is 4.54. The van der Waals surface area contributed by atoms with Gasteiger partial charge in [-0.05, 0) is 49.7 Å². The fourth-order valence-corrected chi connectivity index (χ4v) is 2.64. The Kier molecular flexibility index (Phi) is 7.00. The molecule has 2 nitrogen and oxygen atoms in total. The van der Waals surface area contributed by atoms with Crippen LogP contribution in [0.1, 0.15) is 18.0 Å². The number of hydrogen-bond donors (Lipinski definition) is 1. The molecule has 0 saturated carbocycles. The molecule has 0 bridgehead atoms. The molecule has 0 amide bonds. The van der Waals surface area contributed by atoms with Gasteiger partial charge in [-0.15, -0.1) is 0 Å². The quantitative estimate of drug-likeness (QED) is 0.782. The predicted octanol–water partition coefficient (Wildman–Crippen LogP) is 3.16. The maximum atomic E-state index is 13.0. The Hall–Kier alpha value is -0.290. The summed E-state index contributed by atoms with van der Waals surface area (Å²) >= 11 is 7.91. The van der Waals surface area contributed by atoms with Crippen LogP contribution >= 0.6 is 23.4 Å². The van der Waals surface area contributed by atoms with Crippen molar-refractivity contribution in [3.63, 3.8) is 0 Å². The molecule has 1 aromatic carbocycles. The molecule has 0 radical (unpaired) electrons. The van der Waals surface area contributed by atoms with Crippen LogP contribution in [0.5, 0.6) is 0 Å². The lowest BCUT2D eigenvalue weighted by molar-refractivity contribution is 0.251. The third kappa shape index (κ3) is 4.43. The molecule has 0 aliphatic carbocycles. The summed E-state index contributed by atoms with van der Waals surface area (Å²) in [6.07, 6.45) is 3.20. The van der Waals surface area contributed by atoms with Gasteiger partial charge in [0.05, 0.1) is 0 Å². The molecule has 0 aliphatic rings. The standard InChI is InChI=1S/C13H20ClFN2S/c1-17(6-3-7-18-2)13(9-16)11-5-4-10(15)8-12(11)14/h4-5,8,13H,3,6-7,9,16H2,1-2H3. The van der Waals surface area contributed by atoms with Gasteiger partial charge in [0.1, 0.15) is 5.82 Å². The van der Waals surface area contributed by atoms with Crippen LogP contribution in [-0.4, -0.2) is 37.0 Å². The molecular formula is C13H20ClFN2S. The fraction of sp³-hybridized carbons (Fsp3) is 0.538. The number of nitrogens with zero attached hydrogens (tertiary/aromatic N) is 1. The van der Waals surface area contributed by atoms with E-state index in [0.717, 1.165) is 24.3 Å². The Morgan fingerprint density at radius 2 is 2.22 bits per heavy atom. The molecule has 102 valence electrons. The fourth-order valence-electron chi connectivity index (χ4n) is 1.93. The van der Waals surface area contributed by atoms with Crippen LogP contribution in [0, 0.1) is 5.82 Å². The van der Waals surface area contributed by atoms with Gasteiger partial charge in [0, 0.05) is 17.6 Å². The van der Waals surface area contributed by atoms with Gasteiger partial charge < -0.3 is 5.73 Å². The van der Waals surface area contributed by atoms with Crippen LogP contribution in [0.4, 0.5) is 4.39 Å². The highest BCUT2D eigenvalue weighted by atomic mass is 35.5. The molecule has 0 heterocycles. The number of thioether (sulfide) groups is 1. The highest BCUT2D eigenvalue weighted by Crippen LogP contribution is 2.27. The molecule has 18 heavy (non-hydrogen) atoms. The van der Waals surface area contributed by atoms with Crippen molar-refractivity contribution in [2.45, 2.75) is 12.5 Å². The highest BCUT2D eigenvalue weighted by Gasteiger charge is 2.18. The first-order valence-electron chi connectivity index (χ1n) is 5.94. The average Bonchev–Trinajstić information content (AvgIpc) is 2.33. The number of likely N-dealkylation sites (N-methyl/N-ethyl adjacent to an activating group) is 1. The molecule has 1 unspecified atom stereocenters. The van der Waals surface area contributed by atoms with Crippen LogP contribution in [0.2, 0.25) is 5.02 Å². The molecule has 1 rings (SSSR count). The van der Waals surface area contributed by atoms with E-state index in [2.05, 4.69) is 11.2 Å². The summed E-state index contributed by atoms with van der Waals surface area (Å²) in [4.78, 5) is 2.18. The van der Waals surface area contributed by atoms with Gasteiger partial charge in [-0.25, -0.2) is 4.39 Å². The molecule has 5 heteroatoms. The first-order valence-corrected chi connectivity index (χ1v) is 7.71. The molecular weight excluding hydrogens is 271 g/mol. The smallest absolute Gasteiger partial charge is 0.124 e. The number of rotatable bonds is 7. The minimum Gasteiger partial charge on any atom is -0.329 e. The Balaban J connectivity index is 2.75. The summed E-state index contributed by atoms with van der Waals surface area (Å²) in [6.45, 7) is 1.43. The van der Waals surface area contributed by atoms with E-state index >= 15 is 0 Å². The maximum Gasteiger partial charge on any atom is 0.124 e. The van der Waals surface area contributed by atoms with Gasteiger partial charge in [0.15, 0.2) is 0 Å². The average molecular weight is 291 g/mol. The van der Waals surface area contributed by atoms with Crippen molar-refractivity contribution in [3.8, 4) is 0 Å². The predicted molar refractivity (Wildman–Crippen MR) is 78.8 cm³/mol. The summed E-state index contributed by atoms with van der Waals surface area (Å²) in [5, 5.41) is 0.446. The molecule has 2 N–H and O–H groups in total. The molecule has 0 spiro atoms. The van der Waals surface area contributed by atoms with Gasteiger partial charge in [-0.1, -0.05) is 17.7 Å². The molecule has 0 fully saturated rings. The van der Waals surface area contributed by atoms with Crippen molar-refractivity contribution in [3.05, 3.63) is 34.6 Å². The van der Waals surface area contributed by atoms with E-state index < -0.39 is 0 Å². The summed E-state index contributed by atoms with van der Waals surface area (Å²) in [5.74, 6) is 0.809. The Labute approximate surface area is 118 Å². The zero-order chi connectivity index (χ0) is 13.5. The van der Waals surface area contributed by atoms with Gasteiger partial charge >= 0.3 is 0 Å². The Morgan fingerprint density at radius 3 is 2.78 bits per heavy atom. The van der Waals surface area contributed by atoms with Gasteiger partial charge in [0.2, 0.25) is 0 Å².